The van der Waals surface area contributed by atoms with Crippen molar-refractivity contribution < 1.29 is 9.53 Å². The Kier molecular flexibility index (Phi) is 6.11. The van der Waals surface area contributed by atoms with Crippen LogP contribution in [0.1, 0.15) is 26.7 Å². The molecule has 1 rings (SSSR count). The van der Waals surface area contributed by atoms with Crippen LogP contribution in [0.5, 0.6) is 0 Å². The zero-order valence-electron chi connectivity index (χ0n) is 10.2. The molecule has 0 radical (unpaired) electrons. The monoisotopic (exact) mass is 226 g/mol. The van der Waals surface area contributed by atoms with E-state index >= 15 is 0 Å². The Morgan fingerprint density at radius 2 is 2.38 bits per heavy atom. The van der Waals surface area contributed by atoms with Crippen LogP contribution < -0.4 is 10.6 Å². The topological polar surface area (TPSA) is 50.4 Å². The molecule has 0 aromatic heterocycles. The van der Waals surface area contributed by atoms with Crippen molar-refractivity contribution in [2.45, 2.75) is 32.7 Å². The van der Waals surface area contributed by atoms with Crippen molar-refractivity contribution in [3.8, 4) is 0 Å². The largest absolute Gasteiger partial charge is 0.377 e. The first-order valence-electron chi connectivity index (χ1n) is 5.94. The van der Waals surface area contributed by atoms with Crippen molar-refractivity contribution in [3.63, 3.8) is 0 Å². The van der Waals surface area contributed by atoms with Gasteiger partial charge in [-0.15, -0.1) is 0 Å². The maximum absolute atomic E-state index is 11.3. The molecule has 16 heavy (non-hydrogen) atoms. The summed E-state index contributed by atoms with van der Waals surface area (Å²) in [6, 6.07) is 0.224. The van der Waals surface area contributed by atoms with Gasteiger partial charge >= 0.3 is 0 Å². The molecule has 0 aliphatic carbocycles. The van der Waals surface area contributed by atoms with E-state index in [1.54, 1.807) is 0 Å². The van der Waals surface area contributed by atoms with Crippen LogP contribution in [0.15, 0.2) is 11.6 Å². The highest BCUT2D eigenvalue weighted by Crippen LogP contribution is 2.03. The van der Waals surface area contributed by atoms with E-state index < -0.39 is 0 Å². The molecule has 0 aromatic carbocycles. The molecule has 1 heterocycles. The zero-order valence-corrected chi connectivity index (χ0v) is 10.2. The molecule has 1 aliphatic rings. The lowest BCUT2D eigenvalue weighted by atomic mass is 10.2. The van der Waals surface area contributed by atoms with Gasteiger partial charge in [-0.25, -0.2) is 0 Å². The van der Waals surface area contributed by atoms with E-state index in [0.29, 0.717) is 6.42 Å². The van der Waals surface area contributed by atoms with Gasteiger partial charge < -0.3 is 15.4 Å². The third-order valence-corrected chi connectivity index (χ3v) is 2.31. The van der Waals surface area contributed by atoms with Gasteiger partial charge in [0.2, 0.25) is 5.91 Å². The van der Waals surface area contributed by atoms with E-state index in [9.17, 15) is 4.79 Å². The van der Waals surface area contributed by atoms with Crippen LogP contribution in [0.3, 0.4) is 0 Å². The number of nitrogens with one attached hydrogen (secondary N) is 2. The van der Waals surface area contributed by atoms with Crippen LogP contribution in [-0.4, -0.2) is 38.3 Å². The number of rotatable bonds is 6. The Morgan fingerprint density at radius 1 is 1.56 bits per heavy atom. The first kappa shape index (κ1) is 13.2. The fourth-order valence-electron chi connectivity index (χ4n) is 1.58. The van der Waals surface area contributed by atoms with E-state index in [-0.39, 0.29) is 11.9 Å². The molecule has 2 N–H and O–H groups in total. The summed E-state index contributed by atoms with van der Waals surface area (Å²) in [5.74, 6) is 0.108. The number of hydrogen-bond acceptors (Lipinski definition) is 3. The minimum atomic E-state index is 0.108. The molecule has 92 valence electrons. The maximum atomic E-state index is 11.3. The second kappa shape index (κ2) is 7.41. The van der Waals surface area contributed by atoms with Gasteiger partial charge in [-0.1, -0.05) is 6.08 Å². The van der Waals surface area contributed by atoms with Gasteiger partial charge in [-0.05, 0) is 25.8 Å². The summed E-state index contributed by atoms with van der Waals surface area (Å²) in [5.41, 5.74) is 1.29. The Bertz CT molecular complexity index is 249. The summed E-state index contributed by atoms with van der Waals surface area (Å²) in [6.07, 6.45) is 3.75. The highest BCUT2D eigenvalue weighted by Gasteiger charge is 2.04. The maximum Gasteiger partial charge on any atom is 0.221 e. The van der Waals surface area contributed by atoms with E-state index in [4.69, 9.17) is 4.74 Å². The molecular weight excluding hydrogens is 204 g/mol. The molecule has 0 spiro atoms. The Morgan fingerprint density at radius 3 is 3.00 bits per heavy atom. The molecular formula is C12H22N2O2. The van der Waals surface area contributed by atoms with Crippen molar-refractivity contribution in [2.75, 3.05) is 26.3 Å². The van der Waals surface area contributed by atoms with Crippen LogP contribution in [-0.2, 0) is 9.53 Å². The highest BCUT2D eigenvalue weighted by atomic mass is 16.5. The van der Waals surface area contributed by atoms with Crippen molar-refractivity contribution in [1.29, 1.82) is 0 Å². The summed E-state index contributed by atoms with van der Waals surface area (Å²) in [7, 11) is 0. The van der Waals surface area contributed by atoms with Crippen LogP contribution >= 0.6 is 0 Å². The molecule has 0 aromatic rings. The first-order chi connectivity index (χ1) is 7.68. The molecule has 1 amide bonds. The highest BCUT2D eigenvalue weighted by molar-refractivity contribution is 5.76. The second-order valence-corrected chi connectivity index (χ2v) is 4.35. The van der Waals surface area contributed by atoms with Gasteiger partial charge in [0.25, 0.3) is 0 Å². The van der Waals surface area contributed by atoms with Crippen LogP contribution in [0, 0.1) is 0 Å². The molecule has 0 fully saturated rings. The predicted molar refractivity (Wildman–Crippen MR) is 64.3 cm³/mol. The SMILES string of the molecule is CC(C)NC(=O)CCNCC1=CCCOC1. The zero-order chi connectivity index (χ0) is 11.8. The Hall–Kier alpha value is -0.870. The normalized spacial score (nSPS) is 16.1. The quantitative estimate of drug-likeness (QED) is 0.521. The molecule has 0 unspecified atom stereocenters. The molecule has 4 heteroatoms. The van der Waals surface area contributed by atoms with E-state index in [2.05, 4.69) is 16.7 Å². The van der Waals surface area contributed by atoms with Gasteiger partial charge in [0.15, 0.2) is 0 Å². The average molecular weight is 226 g/mol. The molecule has 1 aliphatic heterocycles. The number of carbonyl (C=O) groups excluding carboxylic acids is 1. The summed E-state index contributed by atoms with van der Waals surface area (Å²) in [4.78, 5) is 11.3. The number of ether oxygens (including phenoxy) is 1. The first-order valence-corrected chi connectivity index (χ1v) is 5.94. The van der Waals surface area contributed by atoms with Crippen molar-refractivity contribution in [3.05, 3.63) is 11.6 Å². The Balaban J connectivity index is 2.03. The molecule has 0 saturated heterocycles. The lowest BCUT2D eigenvalue weighted by molar-refractivity contribution is -0.121. The third-order valence-electron chi connectivity index (χ3n) is 2.31. The summed E-state index contributed by atoms with van der Waals surface area (Å²) in [6.45, 7) is 7.04. The van der Waals surface area contributed by atoms with Gasteiger partial charge in [-0.3, -0.25) is 4.79 Å². The van der Waals surface area contributed by atoms with Crippen LogP contribution in [0.25, 0.3) is 0 Å². The minimum absolute atomic E-state index is 0.108. The van der Waals surface area contributed by atoms with Gasteiger partial charge in [-0.2, -0.15) is 0 Å². The summed E-state index contributed by atoms with van der Waals surface area (Å²) < 4.78 is 5.33. The number of carbonyl (C=O) groups is 1. The van der Waals surface area contributed by atoms with Crippen LogP contribution in [0.4, 0.5) is 0 Å². The van der Waals surface area contributed by atoms with E-state index in [0.717, 1.165) is 32.7 Å². The minimum Gasteiger partial charge on any atom is -0.377 e. The summed E-state index contributed by atoms with van der Waals surface area (Å²) >= 11 is 0. The van der Waals surface area contributed by atoms with Gasteiger partial charge in [0, 0.05) is 25.6 Å². The van der Waals surface area contributed by atoms with Crippen molar-refractivity contribution in [1.82, 2.24) is 10.6 Å². The third kappa shape index (κ3) is 5.88. The van der Waals surface area contributed by atoms with E-state index in [1.807, 2.05) is 13.8 Å². The summed E-state index contributed by atoms with van der Waals surface area (Å²) in [5, 5.41) is 6.11. The predicted octanol–water partition coefficient (Wildman–Crippen LogP) is 0.837. The van der Waals surface area contributed by atoms with Crippen molar-refractivity contribution in [2.24, 2.45) is 0 Å². The number of hydrogen-bond donors (Lipinski definition) is 2. The molecule has 4 nitrogen and oxygen atoms in total. The lowest BCUT2D eigenvalue weighted by Gasteiger charge is -2.14. The van der Waals surface area contributed by atoms with Gasteiger partial charge in [0.05, 0.1) is 13.2 Å². The fourth-order valence-corrected chi connectivity index (χ4v) is 1.58. The molecule has 0 atom stereocenters. The number of amides is 1. The standard InChI is InChI=1S/C12H22N2O2/c1-10(2)14-12(15)5-6-13-8-11-4-3-7-16-9-11/h4,10,13H,3,5-9H2,1-2H3,(H,14,15). The average Bonchev–Trinajstić information content (AvgIpc) is 2.25. The van der Waals surface area contributed by atoms with E-state index in [1.165, 1.54) is 5.57 Å². The molecule has 0 saturated carbocycles. The fraction of sp³-hybridized carbons (Fsp3) is 0.750. The van der Waals surface area contributed by atoms with Crippen LogP contribution in [0.2, 0.25) is 0 Å². The second-order valence-electron chi connectivity index (χ2n) is 4.35. The van der Waals surface area contributed by atoms with Crippen molar-refractivity contribution >= 4 is 5.91 Å². The molecule has 0 bridgehead atoms. The lowest BCUT2D eigenvalue weighted by Crippen LogP contribution is -2.33. The Labute approximate surface area is 97.4 Å². The smallest absolute Gasteiger partial charge is 0.221 e. The van der Waals surface area contributed by atoms with Gasteiger partial charge in [0.1, 0.15) is 0 Å².